The standard InChI is InChI=1S/C22H23N5O2S/c1-13-11-14(2)27(25-13)20-7-8-21(24-23-20)30-15(3)22(29)18-5-6-19-17(12-18)9-10-26(19)16(4)28/h5-8,11-12,15H,9-10H2,1-4H3/t15-/m1/s1. The molecule has 154 valence electrons. The SMILES string of the molecule is CC(=O)N1CCc2cc(C(=O)[C@@H](C)Sc3ccc(-n4nc(C)cc4C)nn3)ccc21. The van der Waals surface area contributed by atoms with Crippen LogP contribution in [0.1, 0.15) is 41.2 Å². The van der Waals surface area contributed by atoms with Gasteiger partial charge in [-0.2, -0.15) is 5.10 Å². The molecular weight excluding hydrogens is 398 g/mol. The van der Waals surface area contributed by atoms with Crippen molar-refractivity contribution >= 4 is 29.1 Å². The zero-order valence-electron chi connectivity index (χ0n) is 17.4. The lowest BCUT2D eigenvalue weighted by atomic mass is 10.0. The van der Waals surface area contributed by atoms with Crippen molar-refractivity contribution in [1.82, 2.24) is 20.0 Å². The van der Waals surface area contributed by atoms with Crippen LogP contribution in [-0.4, -0.2) is 43.5 Å². The Morgan fingerprint density at radius 1 is 1.10 bits per heavy atom. The van der Waals surface area contributed by atoms with Crippen LogP contribution >= 0.6 is 11.8 Å². The molecule has 0 saturated carbocycles. The monoisotopic (exact) mass is 421 g/mol. The molecular formula is C22H23N5O2S. The number of carbonyl (C=O) groups is 2. The van der Waals surface area contributed by atoms with Gasteiger partial charge in [0.15, 0.2) is 11.6 Å². The van der Waals surface area contributed by atoms with Crippen molar-refractivity contribution in [3.8, 4) is 5.82 Å². The normalized spacial score (nSPS) is 13.9. The third-order valence-corrected chi connectivity index (χ3v) is 6.19. The van der Waals surface area contributed by atoms with Gasteiger partial charge in [-0.3, -0.25) is 9.59 Å². The fourth-order valence-corrected chi connectivity index (χ4v) is 4.54. The first-order chi connectivity index (χ1) is 14.3. The molecule has 0 radical (unpaired) electrons. The minimum atomic E-state index is -0.304. The van der Waals surface area contributed by atoms with E-state index in [1.807, 2.05) is 51.1 Å². The number of ketones is 1. The second kappa shape index (κ2) is 8.02. The number of benzene rings is 1. The van der Waals surface area contributed by atoms with Gasteiger partial charge in [0.1, 0.15) is 5.03 Å². The van der Waals surface area contributed by atoms with Crippen LogP contribution < -0.4 is 4.90 Å². The quantitative estimate of drug-likeness (QED) is 0.463. The van der Waals surface area contributed by atoms with Gasteiger partial charge in [-0.1, -0.05) is 11.8 Å². The third kappa shape index (κ3) is 3.87. The molecule has 3 heterocycles. The predicted molar refractivity (Wildman–Crippen MR) is 116 cm³/mol. The maximum absolute atomic E-state index is 12.9. The van der Waals surface area contributed by atoms with Gasteiger partial charge in [0.25, 0.3) is 0 Å². The van der Waals surface area contributed by atoms with E-state index in [2.05, 4.69) is 15.3 Å². The average molecular weight is 422 g/mol. The maximum atomic E-state index is 12.9. The summed E-state index contributed by atoms with van der Waals surface area (Å²) in [6, 6.07) is 11.3. The van der Waals surface area contributed by atoms with Crippen LogP contribution in [0.2, 0.25) is 0 Å². The summed E-state index contributed by atoms with van der Waals surface area (Å²) in [6.07, 6.45) is 0.775. The summed E-state index contributed by atoms with van der Waals surface area (Å²) in [7, 11) is 0. The lowest BCUT2D eigenvalue weighted by molar-refractivity contribution is -0.116. The van der Waals surface area contributed by atoms with E-state index in [4.69, 9.17) is 0 Å². The van der Waals surface area contributed by atoms with Gasteiger partial charge in [-0.15, -0.1) is 10.2 Å². The summed E-state index contributed by atoms with van der Waals surface area (Å²) >= 11 is 1.38. The Kier molecular flexibility index (Phi) is 5.42. The summed E-state index contributed by atoms with van der Waals surface area (Å²) in [5.41, 5.74) is 4.53. The number of fused-ring (bicyclic) bond motifs is 1. The Hall–Kier alpha value is -3.00. The lowest BCUT2D eigenvalue weighted by Gasteiger charge is -2.15. The Bertz CT molecular complexity index is 1120. The number of Topliss-reactive ketones (excluding diaryl/α,β-unsaturated/α-hetero) is 1. The summed E-state index contributed by atoms with van der Waals surface area (Å²) in [6.45, 7) is 8.01. The molecule has 0 unspecified atom stereocenters. The van der Waals surface area contributed by atoms with Gasteiger partial charge < -0.3 is 4.90 Å². The molecule has 1 aliphatic heterocycles. The van der Waals surface area contributed by atoms with Crippen molar-refractivity contribution in [3.63, 3.8) is 0 Å². The minimum absolute atomic E-state index is 0.0271. The van der Waals surface area contributed by atoms with E-state index in [0.29, 0.717) is 23.0 Å². The first-order valence-electron chi connectivity index (χ1n) is 9.83. The fourth-order valence-electron chi connectivity index (χ4n) is 3.70. The fraction of sp³-hybridized carbons (Fsp3) is 0.318. The summed E-state index contributed by atoms with van der Waals surface area (Å²) in [5, 5.41) is 13.3. The summed E-state index contributed by atoms with van der Waals surface area (Å²) in [5.74, 6) is 0.713. The molecule has 1 aromatic carbocycles. The average Bonchev–Trinajstić information content (AvgIpc) is 3.30. The van der Waals surface area contributed by atoms with E-state index in [1.165, 1.54) is 11.8 Å². The first-order valence-corrected chi connectivity index (χ1v) is 10.7. The number of hydrogen-bond donors (Lipinski definition) is 0. The maximum Gasteiger partial charge on any atom is 0.223 e. The van der Waals surface area contributed by atoms with E-state index >= 15 is 0 Å². The van der Waals surface area contributed by atoms with Crippen molar-refractivity contribution in [2.24, 2.45) is 0 Å². The summed E-state index contributed by atoms with van der Waals surface area (Å²) in [4.78, 5) is 26.4. The van der Waals surface area contributed by atoms with Gasteiger partial charge in [0.05, 0.1) is 10.9 Å². The minimum Gasteiger partial charge on any atom is -0.312 e. The number of amides is 1. The summed E-state index contributed by atoms with van der Waals surface area (Å²) < 4.78 is 1.75. The van der Waals surface area contributed by atoms with Gasteiger partial charge in [0, 0.05) is 30.4 Å². The van der Waals surface area contributed by atoms with E-state index < -0.39 is 0 Å². The van der Waals surface area contributed by atoms with Gasteiger partial charge in [-0.05, 0) is 69.2 Å². The predicted octanol–water partition coefficient (Wildman–Crippen LogP) is 3.55. The second-order valence-corrected chi connectivity index (χ2v) is 8.82. The molecule has 0 fully saturated rings. The van der Waals surface area contributed by atoms with Crippen LogP contribution in [0.5, 0.6) is 0 Å². The van der Waals surface area contributed by atoms with E-state index in [9.17, 15) is 9.59 Å². The molecule has 2 aromatic heterocycles. The van der Waals surface area contributed by atoms with Crippen LogP contribution in [0, 0.1) is 13.8 Å². The van der Waals surface area contributed by atoms with E-state index in [-0.39, 0.29) is 16.9 Å². The highest BCUT2D eigenvalue weighted by Crippen LogP contribution is 2.31. The van der Waals surface area contributed by atoms with Gasteiger partial charge >= 0.3 is 0 Å². The van der Waals surface area contributed by atoms with Crippen molar-refractivity contribution in [3.05, 3.63) is 58.9 Å². The zero-order chi connectivity index (χ0) is 21.4. The Balaban J connectivity index is 1.46. The number of rotatable bonds is 5. The first kappa shape index (κ1) is 20.3. The van der Waals surface area contributed by atoms with Crippen molar-refractivity contribution in [2.45, 2.75) is 44.4 Å². The molecule has 1 aliphatic rings. The van der Waals surface area contributed by atoms with Gasteiger partial charge in [-0.25, -0.2) is 4.68 Å². The Morgan fingerprint density at radius 3 is 2.53 bits per heavy atom. The highest BCUT2D eigenvalue weighted by Gasteiger charge is 2.25. The molecule has 0 spiro atoms. The highest BCUT2D eigenvalue weighted by molar-refractivity contribution is 8.00. The molecule has 3 aromatic rings. The van der Waals surface area contributed by atoms with Crippen LogP contribution in [0.3, 0.4) is 0 Å². The molecule has 0 aliphatic carbocycles. The van der Waals surface area contributed by atoms with Crippen LogP contribution in [0.4, 0.5) is 5.69 Å². The Morgan fingerprint density at radius 2 is 1.90 bits per heavy atom. The molecule has 30 heavy (non-hydrogen) atoms. The smallest absolute Gasteiger partial charge is 0.223 e. The second-order valence-electron chi connectivity index (χ2n) is 7.46. The number of anilines is 1. The molecule has 8 heteroatoms. The number of carbonyl (C=O) groups excluding carboxylic acids is 2. The number of aryl methyl sites for hydroxylation is 2. The van der Waals surface area contributed by atoms with Crippen LogP contribution in [-0.2, 0) is 11.2 Å². The third-order valence-electron chi connectivity index (χ3n) is 5.16. The van der Waals surface area contributed by atoms with Crippen molar-refractivity contribution < 1.29 is 9.59 Å². The van der Waals surface area contributed by atoms with Crippen LogP contribution in [0.25, 0.3) is 5.82 Å². The lowest BCUT2D eigenvalue weighted by Crippen LogP contribution is -2.25. The molecule has 1 amide bonds. The topological polar surface area (TPSA) is 81.0 Å². The molecule has 1 atom stereocenters. The van der Waals surface area contributed by atoms with Crippen molar-refractivity contribution in [1.29, 1.82) is 0 Å². The number of thioether (sulfide) groups is 1. The zero-order valence-corrected chi connectivity index (χ0v) is 18.2. The molecule has 0 N–H and O–H groups in total. The number of aromatic nitrogens is 4. The number of nitrogens with zero attached hydrogens (tertiary/aromatic N) is 5. The Labute approximate surface area is 179 Å². The number of hydrogen-bond acceptors (Lipinski definition) is 6. The van der Waals surface area contributed by atoms with E-state index in [1.54, 1.807) is 22.6 Å². The van der Waals surface area contributed by atoms with Gasteiger partial charge in [0.2, 0.25) is 5.91 Å². The molecule has 0 bridgehead atoms. The van der Waals surface area contributed by atoms with Crippen molar-refractivity contribution in [2.75, 3.05) is 11.4 Å². The largest absolute Gasteiger partial charge is 0.312 e. The van der Waals surface area contributed by atoms with E-state index in [0.717, 1.165) is 29.1 Å². The molecule has 4 rings (SSSR count). The molecule has 0 saturated heterocycles. The van der Waals surface area contributed by atoms with Crippen LogP contribution in [0.15, 0.2) is 41.4 Å². The highest BCUT2D eigenvalue weighted by atomic mass is 32.2. The molecule has 7 nitrogen and oxygen atoms in total.